The topological polar surface area (TPSA) is 39.9 Å². The van der Waals surface area contributed by atoms with Crippen LogP contribution in [0.1, 0.15) is 11.4 Å². The second kappa shape index (κ2) is 5.25. The maximum absolute atomic E-state index is 5.17. The van der Waals surface area contributed by atoms with Gasteiger partial charge in [0.15, 0.2) is 5.65 Å². The molecular weight excluding hydrogens is 318 g/mol. The fourth-order valence-corrected chi connectivity index (χ4v) is 2.52. The lowest BCUT2D eigenvalue weighted by Crippen LogP contribution is -2.02. The van der Waals surface area contributed by atoms with E-state index in [2.05, 4.69) is 42.6 Å². The molecule has 0 aliphatic rings. The van der Waals surface area contributed by atoms with E-state index in [0.29, 0.717) is 0 Å². The number of hydrogen-bond acceptors (Lipinski definition) is 3. The Kier molecular flexibility index (Phi) is 3.44. The van der Waals surface area contributed by atoms with Crippen LogP contribution in [0.25, 0.3) is 11.2 Å². The highest BCUT2D eigenvalue weighted by Gasteiger charge is 2.09. The Labute approximate surface area is 125 Å². The molecule has 0 atom stereocenters. The summed E-state index contributed by atoms with van der Waals surface area (Å²) in [4.78, 5) is 9.01. The van der Waals surface area contributed by atoms with Crippen LogP contribution in [-0.2, 0) is 6.54 Å². The first-order chi connectivity index (χ1) is 9.67. The zero-order valence-corrected chi connectivity index (χ0v) is 12.9. The normalized spacial score (nSPS) is 10.9. The molecular formula is C15H14BrN3O. The van der Waals surface area contributed by atoms with Crippen molar-refractivity contribution in [3.05, 3.63) is 52.4 Å². The lowest BCUT2D eigenvalue weighted by Gasteiger charge is -2.07. The monoisotopic (exact) mass is 331 g/mol. The summed E-state index contributed by atoms with van der Waals surface area (Å²) in [5.41, 5.74) is 3.00. The fraction of sp³-hybridized carbons (Fsp3) is 0.200. The molecule has 3 aromatic rings. The number of imidazole rings is 1. The third kappa shape index (κ3) is 2.41. The van der Waals surface area contributed by atoms with Gasteiger partial charge in [-0.2, -0.15) is 0 Å². The maximum Gasteiger partial charge on any atom is 0.160 e. The Morgan fingerprint density at radius 1 is 1.25 bits per heavy atom. The van der Waals surface area contributed by atoms with Crippen LogP contribution in [0.3, 0.4) is 0 Å². The van der Waals surface area contributed by atoms with Gasteiger partial charge in [0, 0.05) is 10.7 Å². The zero-order valence-electron chi connectivity index (χ0n) is 11.3. The van der Waals surface area contributed by atoms with E-state index in [-0.39, 0.29) is 0 Å². The number of nitrogens with zero attached hydrogens (tertiary/aromatic N) is 3. The number of ether oxygens (including phenoxy) is 1. The molecule has 0 bridgehead atoms. The van der Waals surface area contributed by atoms with Crippen LogP contribution in [0.2, 0.25) is 0 Å². The molecule has 0 fully saturated rings. The highest BCUT2D eigenvalue weighted by atomic mass is 79.9. The van der Waals surface area contributed by atoms with Gasteiger partial charge in [-0.25, -0.2) is 9.97 Å². The average Bonchev–Trinajstić information content (AvgIpc) is 2.75. The van der Waals surface area contributed by atoms with Crippen LogP contribution in [0.4, 0.5) is 0 Å². The maximum atomic E-state index is 5.17. The molecule has 3 rings (SSSR count). The van der Waals surface area contributed by atoms with Gasteiger partial charge in [0.05, 0.1) is 13.7 Å². The summed E-state index contributed by atoms with van der Waals surface area (Å²) in [6.07, 6.45) is 1.80. The molecule has 5 heteroatoms. The van der Waals surface area contributed by atoms with Crippen LogP contribution in [0, 0.1) is 6.92 Å². The van der Waals surface area contributed by atoms with Crippen molar-refractivity contribution < 1.29 is 4.74 Å². The van der Waals surface area contributed by atoms with Crippen molar-refractivity contribution in [1.82, 2.24) is 14.5 Å². The van der Waals surface area contributed by atoms with Crippen molar-refractivity contribution in [3.63, 3.8) is 0 Å². The zero-order chi connectivity index (χ0) is 14.1. The summed E-state index contributed by atoms with van der Waals surface area (Å²) in [5.74, 6) is 1.82. The van der Waals surface area contributed by atoms with Gasteiger partial charge in [-0.3, -0.25) is 0 Å². The molecule has 0 spiro atoms. The minimum absolute atomic E-state index is 0.751. The van der Waals surface area contributed by atoms with Gasteiger partial charge in [-0.1, -0.05) is 12.1 Å². The van der Waals surface area contributed by atoms with Crippen LogP contribution in [-0.4, -0.2) is 21.6 Å². The second-order valence-corrected chi connectivity index (χ2v) is 5.51. The fourth-order valence-electron chi connectivity index (χ4n) is 2.20. The number of methoxy groups -OCH3 is 1. The first kappa shape index (κ1) is 13.1. The van der Waals surface area contributed by atoms with Gasteiger partial charge in [-0.05, 0) is 46.6 Å². The molecule has 2 aromatic heterocycles. The molecule has 0 saturated heterocycles. The number of aromatic nitrogens is 3. The Bertz CT molecular complexity index is 750. The molecule has 0 saturated carbocycles. The predicted molar refractivity (Wildman–Crippen MR) is 82.1 cm³/mol. The van der Waals surface area contributed by atoms with Crippen molar-refractivity contribution in [2.75, 3.05) is 7.11 Å². The number of fused-ring (bicyclic) bond motifs is 1. The van der Waals surface area contributed by atoms with Crippen LogP contribution < -0.4 is 4.74 Å². The molecule has 0 aliphatic carbocycles. The predicted octanol–water partition coefficient (Wildman–Crippen LogP) is 3.56. The molecule has 1 aromatic carbocycles. The summed E-state index contributed by atoms with van der Waals surface area (Å²) in [6.45, 7) is 2.75. The Morgan fingerprint density at radius 2 is 2.00 bits per heavy atom. The number of rotatable bonds is 3. The first-order valence-electron chi connectivity index (χ1n) is 6.28. The smallest absolute Gasteiger partial charge is 0.160 e. The first-order valence-corrected chi connectivity index (χ1v) is 7.08. The van der Waals surface area contributed by atoms with Crippen molar-refractivity contribution in [1.29, 1.82) is 0 Å². The van der Waals surface area contributed by atoms with E-state index in [1.165, 1.54) is 5.56 Å². The van der Waals surface area contributed by atoms with Gasteiger partial charge in [0.1, 0.15) is 17.1 Å². The third-order valence-corrected chi connectivity index (χ3v) is 3.68. The summed E-state index contributed by atoms with van der Waals surface area (Å²) in [6, 6.07) is 10.0. The Balaban J connectivity index is 1.99. The van der Waals surface area contributed by atoms with Gasteiger partial charge < -0.3 is 9.30 Å². The van der Waals surface area contributed by atoms with Crippen molar-refractivity contribution in [2.45, 2.75) is 13.5 Å². The van der Waals surface area contributed by atoms with E-state index in [4.69, 9.17) is 4.74 Å². The molecule has 0 aliphatic heterocycles. The molecule has 0 unspecified atom stereocenters. The van der Waals surface area contributed by atoms with Crippen molar-refractivity contribution in [3.8, 4) is 5.75 Å². The lowest BCUT2D eigenvalue weighted by atomic mass is 10.2. The van der Waals surface area contributed by atoms with Gasteiger partial charge >= 0.3 is 0 Å². The highest BCUT2D eigenvalue weighted by Crippen LogP contribution is 2.20. The minimum atomic E-state index is 0.751. The average molecular weight is 332 g/mol. The molecule has 4 nitrogen and oxygen atoms in total. The Hall–Kier alpha value is -1.88. The summed E-state index contributed by atoms with van der Waals surface area (Å²) >= 11 is 3.42. The van der Waals surface area contributed by atoms with Crippen molar-refractivity contribution >= 4 is 27.1 Å². The number of aryl methyl sites for hydroxylation is 1. The molecule has 0 radical (unpaired) electrons. The second-order valence-electron chi connectivity index (χ2n) is 4.59. The molecule has 2 heterocycles. The van der Waals surface area contributed by atoms with E-state index in [1.807, 2.05) is 25.1 Å². The standard InChI is InChI=1S/C15H14BrN3O/c1-10-18-14-7-12(16)8-17-15(14)19(10)9-11-3-5-13(20-2)6-4-11/h3-8H,9H2,1-2H3. The third-order valence-electron chi connectivity index (χ3n) is 3.24. The molecule has 20 heavy (non-hydrogen) atoms. The summed E-state index contributed by atoms with van der Waals surface area (Å²) in [5, 5.41) is 0. The number of halogens is 1. The number of pyridine rings is 1. The van der Waals surface area contributed by atoms with Crippen LogP contribution in [0.15, 0.2) is 41.0 Å². The SMILES string of the molecule is COc1ccc(Cn2c(C)nc3cc(Br)cnc32)cc1. The lowest BCUT2D eigenvalue weighted by molar-refractivity contribution is 0.414. The van der Waals surface area contributed by atoms with Gasteiger partial charge in [0.25, 0.3) is 0 Å². The van der Waals surface area contributed by atoms with Crippen LogP contribution in [0.5, 0.6) is 5.75 Å². The summed E-state index contributed by atoms with van der Waals surface area (Å²) in [7, 11) is 1.67. The molecule has 0 N–H and O–H groups in total. The van der Waals surface area contributed by atoms with Gasteiger partial charge in [-0.15, -0.1) is 0 Å². The van der Waals surface area contributed by atoms with Gasteiger partial charge in [0.2, 0.25) is 0 Å². The molecule has 102 valence electrons. The van der Waals surface area contributed by atoms with Crippen molar-refractivity contribution in [2.24, 2.45) is 0 Å². The largest absolute Gasteiger partial charge is 0.497 e. The number of hydrogen-bond donors (Lipinski definition) is 0. The quantitative estimate of drug-likeness (QED) is 0.736. The van der Waals surface area contributed by atoms with E-state index in [0.717, 1.165) is 33.8 Å². The number of benzene rings is 1. The van der Waals surface area contributed by atoms with E-state index < -0.39 is 0 Å². The molecule has 0 amide bonds. The van der Waals surface area contributed by atoms with E-state index in [1.54, 1.807) is 13.3 Å². The minimum Gasteiger partial charge on any atom is -0.497 e. The van der Waals surface area contributed by atoms with Crippen LogP contribution >= 0.6 is 15.9 Å². The van der Waals surface area contributed by atoms with E-state index >= 15 is 0 Å². The Morgan fingerprint density at radius 3 is 2.70 bits per heavy atom. The summed E-state index contributed by atoms with van der Waals surface area (Å²) < 4.78 is 8.23. The van der Waals surface area contributed by atoms with E-state index in [9.17, 15) is 0 Å². The highest BCUT2D eigenvalue weighted by molar-refractivity contribution is 9.10.